The molecular formula is C49H31N5. The molecule has 11 aromatic rings. The van der Waals surface area contributed by atoms with Gasteiger partial charge >= 0.3 is 0 Å². The molecule has 5 nitrogen and oxygen atoms in total. The summed E-state index contributed by atoms with van der Waals surface area (Å²) in [5.41, 5.74) is 9.43. The molecule has 0 amide bonds. The monoisotopic (exact) mass is 689 g/mol. The van der Waals surface area contributed by atoms with Crippen molar-refractivity contribution in [3.05, 3.63) is 188 Å². The molecule has 0 unspecified atom stereocenters. The van der Waals surface area contributed by atoms with Gasteiger partial charge in [-0.1, -0.05) is 133 Å². The summed E-state index contributed by atoms with van der Waals surface area (Å²) in [5.74, 6) is 1.87. The fourth-order valence-corrected chi connectivity index (χ4v) is 8.10. The first-order valence-corrected chi connectivity index (χ1v) is 18.2. The normalized spacial score (nSPS) is 11.7. The molecule has 0 bridgehead atoms. The highest BCUT2D eigenvalue weighted by Gasteiger charge is 2.20. The van der Waals surface area contributed by atoms with Crippen molar-refractivity contribution < 1.29 is 0 Å². The van der Waals surface area contributed by atoms with Crippen molar-refractivity contribution in [1.29, 1.82) is 0 Å². The van der Waals surface area contributed by atoms with Gasteiger partial charge in [0.2, 0.25) is 0 Å². The van der Waals surface area contributed by atoms with Gasteiger partial charge in [-0.05, 0) is 65.4 Å². The van der Waals surface area contributed by atoms with Crippen LogP contribution in [0.25, 0.3) is 99.9 Å². The van der Waals surface area contributed by atoms with E-state index in [0.29, 0.717) is 17.5 Å². The van der Waals surface area contributed by atoms with Gasteiger partial charge in [0.15, 0.2) is 17.5 Å². The van der Waals surface area contributed by atoms with Crippen LogP contribution in [0.2, 0.25) is 0 Å². The Bertz CT molecular complexity index is 3210. The highest BCUT2D eigenvalue weighted by Crippen LogP contribution is 2.39. The molecular weight excluding hydrogens is 659 g/mol. The van der Waals surface area contributed by atoms with E-state index >= 15 is 0 Å². The Morgan fingerprint density at radius 3 is 1.63 bits per heavy atom. The molecule has 3 aromatic heterocycles. The topological polar surface area (TPSA) is 48.5 Å². The van der Waals surface area contributed by atoms with Gasteiger partial charge in [-0.15, -0.1) is 0 Å². The Labute approximate surface area is 311 Å². The predicted molar refractivity (Wildman–Crippen MR) is 222 cm³/mol. The summed E-state index contributed by atoms with van der Waals surface area (Å²) in [7, 11) is 0. The number of rotatable bonds is 5. The van der Waals surface area contributed by atoms with Crippen molar-refractivity contribution in [2.45, 2.75) is 0 Å². The summed E-state index contributed by atoms with van der Waals surface area (Å²) in [6.45, 7) is 0. The fourth-order valence-electron chi connectivity index (χ4n) is 8.10. The van der Waals surface area contributed by atoms with Gasteiger partial charge < -0.3 is 9.13 Å². The van der Waals surface area contributed by atoms with Crippen LogP contribution in [0, 0.1) is 0 Å². The van der Waals surface area contributed by atoms with E-state index in [9.17, 15) is 0 Å². The second-order valence-electron chi connectivity index (χ2n) is 13.7. The quantitative estimate of drug-likeness (QED) is 0.181. The van der Waals surface area contributed by atoms with E-state index in [1.807, 2.05) is 18.2 Å². The van der Waals surface area contributed by atoms with E-state index in [0.717, 1.165) is 55.5 Å². The summed E-state index contributed by atoms with van der Waals surface area (Å²) in [5, 5.41) is 7.22. The first kappa shape index (κ1) is 30.3. The second-order valence-corrected chi connectivity index (χ2v) is 13.7. The van der Waals surface area contributed by atoms with Gasteiger partial charge in [0.05, 0.1) is 22.1 Å². The van der Waals surface area contributed by atoms with Gasteiger partial charge in [-0.2, -0.15) is 0 Å². The maximum absolute atomic E-state index is 5.30. The van der Waals surface area contributed by atoms with Crippen molar-refractivity contribution in [3.8, 4) is 45.5 Å². The van der Waals surface area contributed by atoms with E-state index < -0.39 is 0 Å². The van der Waals surface area contributed by atoms with E-state index in [1.54, 1.807) is 0 Å². The smallest absolute Gasteiger partial charge is 0.166 e. The van der Waals surface area contributed by atoms with Crippen molar-refractivity contribution in [1.82, 2.24) is 24.1 Å². The maximum atomic E-state index is 5.30. The molecule has 0 atom stereocenters. The number of benzene rings is 8. The molecule has 0 aliphatic heterocycles. The lowest BCUT2D eigenvalue weighted by Crippen LogP contribution is -2.02. The molecule has 252 valence electrons. The third kappa shape index (κ3) is 4.76. The van der Waals surface area contributed by atoms with Crippen LogP contribution in [-0.4, -0.2) is 24.1 Å². The van der Waals surface area contributed by atoms with Crippen LogP contribution in [0.3, 0.4) is 0 Å². The maximum Gasteiger partial charge on any atom is 0.166 e. The van der Waals surface area contributed by atoms with Crippen molar-refractivity contribution in [3.63, 3.8) is 0 Å². The lowest BCUT2D eigenvalue weighted by Gasteiger charge is -2.13. The average molecular weight is 690 g/mol. The van der Waals surface area contributed by atoms with Gasteiger partial charge in [0, 0.05) is 49.6 Å². The molecule has 0 saturated carbocycles. The van der Waals surface area contributed by atoms with Gasteiger partial charge in [-0.25, -0.2) is 15.0 Å². The largest absolute Gasteiger partial charge is 0.309 e. The van der Waals surface area contributed by atoms with Crippen molar-refractivity contribution >= 4 is 54.4 Å². The molecule has 11 rings (SSSR count). The number of hydrogen-bond donors (Lipinski definition) is 0. The van der Waals surface area contributed by atoms with Crippen LogP contribution in [0.4, 0.5) is 0 Å². The lowest BCUT2D eigenvalue weighted by atomic mass is 10.1. The second kappa shape index (κ2) is 12.1. The molecule has 0 spiro atoms. The van der Waals surface area contributed by atoms with Crippen LogP contribution in [-0.2, 0) is 0 Å². The molecule has 0 aliphatic rings. The Morgan fingerprint density at radius 1 is 0.315 bits per heavy atom. The molecule has 0 N–H and O–H groups in total. The third-order valence-electron chi connectivity index (χ3n) is 10.5. The zero-order chi connectivity index (χ0) is 35.6. The summed E-state index contributed by atoms with van der Waals surface area (Å²) in [6.07, 6.45) is 0. The third-order valence-corrected chi connectivity index (χ3v) is 10.5. The molecule has 3 heterocycles. The molecule has 5 heteroatoms. The predicted octanol–water partition coefficient (Wildman–Crippen LogP) is 12.2. The average Bonchev–Trinajstić information content (AvgIpc) is 3.76. The minimum Gasteiger partial charge on any atom is -0.309 e. The van der Waals surface area contributed by atoms with Gasteiger partial charge in [0.1, 0.15) is 0 Å². The number of para-hydroxylation sites is 4. The van der Waals surface area contributed by atoms with Crippen molar-refractivity contribution in [2.24, 2.45) is 0 Å². The zero-order valence-corrected chi connectivity index (χ0v) is 29.1. The SMILES string of the molecule is c1ccc(-c2nc(-c3cccc(-n4c5ccccc5c5cc6ccccc6cc54)c3)nc(-c3cccc4c5ccccc5n(-c5ccccc5)c34)n2)cc1. The molecule has 8 aromatic carbocycles. The van der Waals surface area contributed by atoms with Crippen LogP contribution in [0.15, 0.2) is 188 Å². The minimum atomic E-state index is 0.617. The first-order valence-electron chi connectivity index (χ1n) is 18.2. The number of nitrogens with zero attached hydrogens (tertiary/aromatic N) is 5. The van der Waals surface area contributed by atoms with E-state index in [1.165, 1.54) is 26.9 Å². The minimum absolute atomic E-state index is 0.617. The van der Waals surface area contributed by atoms with Crippen molar-refractivity contribution in [2.75, 3.05) is 0 Å². The van der Waals surface area contributed by atoms with E-state index in [-0.39, 0.29) is 0 Å². The summed E-state index contributed by atoms with van der Waals surface area (Å²) in [6, 6.07) is 66.1. The zero-order valence-electron chi connectivity index (χ0n) is 29.1. The molecule has 0 radical (unpaired) electrons. The Hall–Kier alpha value is -7.37. The number of fused-ring (bicyclic) bond motifs is 7. The van der Waals surface area contributed by atoms with E-state index in [2.05, 4.69) is 179 Å². The van der Waals surface area contributed by atoms with Gasteiger partial charge in [-0.3, -0.25) is 0 Å². The van der Waals surface area contributed by atoms with Crippen LogP contribution in [0.5, 0.6) is 0 Å². The fraction of sp³-hybridized carbons (Fsp3) is 0. The highest BCUT2D eigenvalue weighted by molar-refractivity contribution is 6.14. The molecule has 0 saturated heterocycles. The summed E-state index contributed by atoms with van der Waals surface area (Å²) < 4.78 is 4.69. The van der Waals surface area contributed by atoms with Crippen LogP contribution in [0.1, 0.15) is 0 Å². The molecule has 0 aliphatic carbocycles. The number of aromatic nitrogens is 5. The molecule has 0 fully saturated rings. The number of hydrogen-bond acceptors (Lipinski definition) is 3. The van der Waals surface area contributed by atoms with Gasteiger partial charge in [0.25, 0.3) is 0 Å². The van der Waals surface area contributed by atoms with E-state index in [4.69, 9.17) is 15.0 Å². The summed E-state index contributed by atoms with van der Waals surface area (Å²) in [4.78, 5) is 15.6. The Morgan fingerprint density at radius 2 is 0.852 bits per heavy atom. The highest BCUT2D eigenvalue weighted by atomic mass is 15.1. The molecule has 54 heavy (non-hydrogen) atoms. The van der Waals surface area contributed by atoms with Crippen LogP contribution < -0.4 is 0 Å². The lowest BCUT2D eigenvalue weighted by molar-refractivity contribution is 1.07. The Balaban J connectivity index is 1.16. The van der Waals surface area contributed by atoms with Crippen LogP contribution >= 0.6 is 0 Å². The standard InChI is InChI=1S/C49H31N5/c1-3-15-32(16-4-1)47-50-48(52-49(51-47)41-26-14-25-40-38-23-9-12-28-44(38)54(46(40)41)36-20-5-2-6-21-36)35-19-13-22-37(29-35)53-43-27-11-10-24-39(43)42-30-33-17-7-8-18-34(33)31-45(42)53/h1-31H. The Kier molecular flexibility index (Phi) is 6.79. The summed E-state index contributed by atoms with van der Waals surface area (Å²) >= 11 is 0. The first-order chi connectivity index (χ1) is 26.8.